The highest BCUT2D eigenvalue weighted by Crippen LogP contribution is 2.58. The van der Waals surface area contributed by atoms with Gasteiger partial charge in [0.25, 0.3) is 5.91 Å². The van der Waals surface area contributed by atoms with Gasteiger partial charge in [-0.05, 0) is 74.9 Å². The van der Waals surface area contributed by atoms with Crippen LogP contribution in [0.1, 0.15) is 132 Å². The molecular weight excluding hydrogens is 811 g/mol. The molecule has 1 aliphatic carbocycles. The van der Waals surface area contributed by atoms with Crippen molar-refractivity contribution in [2.75, 3.05) is 19.8 Å². The van der Waals surface area contributed by atoms with E-state index in [1.165, 1.54) is 6.26 Å². The maximum absolute atomic E-state index is 15.1. The fourth-order valence-electron chi connectivity index (χ4n) is 9.28. The van der Waals surface area contributed by atoms with Crippen LogP contribution in [0.15, 0.2) is 54.8 Å². The van der Waals surface area contributed by atoms with Gasteiger partial charge in [-0.2, -0.15) is 5.06 Å². The van der Waals surface area contributed by atoms with E-state index >= 15 is 4.79 Å². The number of carbonyl (C=O) groups is 4. The molecule has 1 saturated carbocycles. The molecule has 2 bridgehead atoms. The van der Waals surface area contributed by atoms with Crippen molar-refractivity contribution in [2.45, 2.75) is 166 Å². The van der Waals surface area contributed by atoms with Gasteiger partial charge < -0.3 is 44.5 Å². The summed E-state index contributed by atoms with van der Waals surface area (Å²) in [5, 5.41) is 26.6. The molecule has 0 aromatic heterocycles. The molecule has 2 amide bonds. The lowest BCUT2D eigenvalue weighted by atomic mass is 9.62. The molecule has 0 unspecified atom stereocenters. The smallest absolute Gasteiger partial charge is 0.327 e. The molecule has 6 rings (SSSR count). The summed E-state index contributed by atoms with van der Waals surface area (Å²) in [6.45, 7) is 9.44. The maximum Gasteiger partial charge on any atom is 0.327 e. The molecule has 346 valence electrons. The van der Waals surface area contributed by atoms with Crippen molar-refractivity contribution in [2.24, 2.45) is 5.41 Å². The third-order valence-corrected chi connectivity index (χ3v) is 12.2. The normalized spacial score (nSPS) is 25.3. The van der Waals surface area contributed by atoms with Gasteiger partial charge in [-0.1, -0.05) is 75.9 Å². The van der Waals surface area contributed by atoms with Gasteiger partial charge in [0.1, 0.15) is 42.0 Å². The quantitative estimate of drug-likeness (QED) is 0.0611. The molecule has 7 atom stereocenters. The van der Waals surface area contributed by atoms with Gasteiger partial charge in [0.2, 0.25) is 5.91 Å². The number of unbranched alkanes of at least 4 members (excludes halogenated alkanes) is 4. The largest absolute Gasteiger partial charge is 0.499 e. The van der Waals surface area contributed by atoms with Gasteiger partial charge >= 0.3 is 11.9 Å². The minimum atomic E-state index is -1.42. The van der Waals surface area contributed by atoms with Crippen molar-refractivity contribution >= 4 is 29.8 Å². The standard InChI is InChI=1S/C48H67N3O12/c1-6-8-12-22-47(23-13-9-7-2)61-39-37-28-48(45(57)49-29-32-15-14-18-34(27-32)43(55)50-36(31-53)19-20-38(54)60-46(3,4)5)41(44(56)59-37)51(63-42(48)40(39)62-47)30-35-17-11-10-16-33(35)21-25-58-26-24-52/h10-11,14-18,21,25,27,36-37,39-42,52-53H,6-9,12-13,19-20,22-24,26,28-31H2,1-5H3,(H,49,57)(H,50,55)/t36-,37+,39-,40-,41-,42+,48-/m0/s1. The van der Waals surface area contributed by atoms with E-state index in [1.54, 1.807) is 56.2 Å². The highest BCUT2D eigenvalue weighted by Gasteiger charge is 2.76. The number of nitrogens with zero attached hydrogens (tertiary/aromatic N) is 1. The molecule has 2 aromatic rings. The van der Waals surface area contributed by atoms with Gasteiger partial charge in [0.05, 0.1) is 32.1 Å². The lowest BCUT2D eigenvalue weighted by Crippen LogP contribution is -2.69. The zero-order valence-corrected chi connectivity index (χ0v) is 37.5. The second-order valence-electron chi connectivity index (χ2n) is 18.2. The number of benzene rings is 2. The zero-order chi connectivity index (χ0) is 45.2. The number of rotatable bonds is 23. The average Bonchev–Trinajstić information content (AvgIpc) is 3.81. The number of aliphatic hydroxyl groups excluding tert-OH is 2. The van der Waals surface area contributed by atoms with Gasteiger partial charge in [-0.3, -0.25) is 24.0 Å². The number of aliphatic hydroxyl groups is 2. The molecule has 4 aliphatic rings. The Morgan fingerprint density at radius 1 is 0.984 bits per heavy atom. The summed E-state index contributed by atoms with van der Waals surface area (Å²) in [5.41, 5.74) is 0.482. The topological polar surface area (TPSA) is 191 Å². The van der Waals surface area contributed by atoms with E-state index in [0.29, 0.717) is 24.0 Å². The number of hydrogen-bond donors (Lipinski definition) is 4. The Bertz CT molecular complexity index is 1910. The van der Waals surface area contributed by atoms with Crippen LogP contribution >= 0.6 is 0 Å². The van der Waals surface area contributed by atoms with Crippen LogP contribution in [0.4, 0.5) is 0 Å². The van der Waals surface area contributed by atoms with E-state index < -0.39 is 77.1 Å². The highest BCUT2D eigenvalue weighted by atomic mass is 16.8. The van der Waals surface area contributed by atoms with Crippen molar-refractivity contribution in [3.63, 3.8) is 0 Å². The Kier molecular flexibility index (Phi) is 16.4. The number of amides is 2. The Balaban J connectivity index is 1.25. The number of nitrogens with one attached hydrogen (secondary N) is 2. The van der Waals surface area contributed by atoms with E-state index in [-0.39, 0.29) is 52.2 Å². The predicted molar refractivity (Wildman–Crippen MR) is 232 cm³/mol. The molecule has 3 heterocycles. The molecule has 0 radical (unpaired) electrons. The van der Waals surface area contributed by atoms with Crippen LogP contribution < -0.4 is 10.6 Å². The lowest BCUT2D eigenvalue weighted by molar-refractivity contribution is -0.224. The number of ether oxygens (including phenoxy) is 5. The Labute approximate surface area is 371 Å². The molecule has 63 heavy (non-hydrogen) atoms. The second kappa shape index (κ2) is 21.5. The molecule has 15 nitrogen and oxygen atoms in total. The third-order valence-electron chi connectivity index (χ3n) is 12.2. The number of hydroxylamine groups is 2. The monoisotopic (exact) mass is 877 g/mol. The van der Waals surface area contributed by atoms with E-state index in [0.717, 1.165) is 49.7 Å². The Hall–Kier alpha value is -4.38. The SMILES string of the molecule is CCCCCC1(CCCCC)O[C@@H]2[C@H](O1)[C@H]1ON(Cc3ccccc3C=COCCO)[C@H]3C(=O)O[C@@H]2C[C@@]13C(=O)NCc1cccc(C(=O)N[C@H](CO)CCC(=O)OC(C)(C)C)c1. The van der Waals surface area contributed by atoms with Crippen molar-refractivity contribution in [3.8, 4) is 0 Å². The van der Waals surface area contributed by atoms with E-state index in [9.17, 15) is 24.6 Å². The lowest BCUT2D eigenvalue weighted by Gasteiger charge is -2.48. The van der Waals surface area contributed by atoms with Crippen molar-refractivity contribution in [3.05, 3.63) is 77.0 Å². The van der Waals surface area contributed by atoms with Crippen LogP contribution in [0, 0.1) is 5.41 Å². The first-order valence-corrected chi connectivity index (χ1v) is 22.7. The molecule has 4 fully saturated rings. The van der Waals surface area contributed by atoms with E-state index in [1.807, 2.05) is 24.3 Å². The summed E-state index contributed by atoms with van der Waals surface area (Å²) >= 11 is 0. The van der Waals surface area contributed by atoms with Gasteiger partial charge in [-0.15, -0.1) is 0 Å². The molecule has 4 N–H and O–H groups in total. The molecule has 3 saturated heterocycles. The Morgan fingerprint density at radius 3 is 2.41 bits per heavy atom. The van der Waals surface area contributed by atoms with Crippen LogP contribution in [0.25, 0.3) is 6.08 Å². The fraction of sp³-hybridized carbons (Fsp3) is 0.625. The number of fused-ring (bicyclic) bond motifs is 4. The highest BCUT2D eigenvalue weighted by molar-refractivity contribution is 5.95. The summed E-state index contributed by atoms with van der Waals surface area (Å²) < 4.78 is 30.9. The van der Waals surface area contributed by atoms with Crippen LogP contribution in [-0.2, 0) is 56.0 Å². The van der Waals surface area contributed by atoms with Crippen LogP contribution in [0.3, 0.4) is 0 Å². The minimum Gasteiger partial charge on any atom is -0.499 e. The zero-order valence-electron chi connectivity index (χ0n) is 37.5. The first kappa shape index (κ1) is 48.1. The van der Waals surface area contributed by atoms with Crippen molar-refractivity contribution in [1.29, 1.82) is 0 Å². The first-order chi connectivity index (χ1) is 30.3. The van der Waals surface area contributed by atoms with Gasteiger partial charge in [0.15, 0.2) is 11.8 Å². The summed E-state index contributed by atoms with van der Waals surface area (Å²) in [6, 6.07) is 12.6. The van der Waals surface area contributed by atoms with Crippen molar-refractivity contribution < 1.29 is 57.9 Å². The maximum atomic E-state index is 15.1. The number of esters is 2. The average molecular weight is 878 g/mol. The second-order valence-corrected chi connectivity index (χ2v) is 18.2. The molecule has 0 spiro atoms. The summed E-state index contributed by atoms with van der Waals surface area (Å²) in [7, 11) is 0. The van der Waals surface area contributed by atoms with Crippen LogP contribution in [0.2, 0.25) is 0 Å². The molecular formula is C48H67N3O12. The van der Waals surface area contributed by atoms with E-state index in [2.05, 4.69) is 24.5 Å². The van der Waals surface area contributed by atoms with Crippen LogP contribution in [-0.4, -0.2) is 107 Å². The summed E-state index contributed by atoms with van der Waals surface area (Å²) in [6.07, 6.45) is 7.89. The van der Waals surface area contributed by atoms with Crippen molar-refractivity contribution in [1.82, 2.24) is 15.7 Å². The Morgan fingerprint density at radius 2 is 1.71 bits per heavy atom. The van der Waals surface area contributed by atoms with E-state index in [4.69, 9.17) is 28.5 Å². The first-order valence-electron chi connectivity index (χ1n) is 22.7. The number of hydrogen-bond acceptors (Lipinski definition) is 13. The summed E-state index contributed by atoms with van der Waals surface area (Å²) in [4.78, 5) is 61.9. The molecule has 2 aromatic carbocycles. The van der Waals surface area contributed by atoms with Gasteiger partial charge in [-0.25, -0.2) is 0 Å². The molecule has 3 aliphatic heterocycles. The molecule has 15 heteroatoms. The van der Waals surface area contributed by atoms with Crippen LogP contribution in [0.5, 0.6) is 0 Å². The third kappa shape index (κ3) is 11.5. The minimum absolute atomic E-state index is 0.0234. The fourth-order valence-corrected chi connectivity index (χ4v) is 9.28. The number of carbonyl (C=O) groups excluding carboxylic acids is 4. The predicted octanol–water partition coefficient (Wildman–Crippen LogP) is 5.64. The van der Waals surface area contributed by atoms with Gasteiger partial charge in [0, 0.05) is 37.8 Å². The summed E-state index contributed by atoms with van der Waals surface area (Å²) in [5.74, 6) is -2.76.